The predicted molar refractivity (Wildman–Crippen MR) is 208 cm³/mol. The van der Waals surface area contributed by atoms with Gasteiger partial charge in [0.25, 0.3) is 0 Å². The number of fused-ring (bicyclic) bond motifs is 4. The second-order valence-electron chi connectivity index (χ2n) is 18.5. The Bertz CT molecular complexity index is 1630. The van der Waals surface area contributed by atoms with Crippen molar-refractivity contribution in [2.75, 3.05) is 52.9 Å². The summed E-state index contributed by atoms with van der Waals surface area (Å²) in [6, 6.07) is 0. The Kier molecular flexibility index (Phi) is 15.3. The first-order valence-corrected chi connectivity index (χ1v) is 22.8. The fourth-order valence-electron chi connectivity index (χ4n) is 9.57. The van der Waals surface area contributed by atoms with Crippen LogP contribution in [0.4, 0.5) is 0 Å². The molecule has 14 atom stereocenters. The molecule has 14 unspecified atom stereocenters. The number of carbonyl (C=O) groups excluding carboxylic acids is 8. The molecular weight excluding hydrogens is 848 g/mol. The van der Waals surface area contributed by atoms with E-state index >= 15 is 0 Å². The van der Waals surface area contributed by atoms with Crippen molar-refractivity contribution in [1.82, 2.24) is 0 Å². The second-order valence-corrected chi connectivity index (χ2v) is 18.5. The van der Waals surface area contributed by atoms with E-state index in [4.69, 9.17) is 56.8 Å². The van der Waals surface area contributed by atoms with E-state index in [9.17, 15) is 38.4 Å². The van der Waals surface area contributed by atoms with E-state index in [1.165, 1.54) is 0 Å². The third kappa shape index (κ3) is 13.8. The summed E-state index contributed by atoms with van der Waals surface area (Å²) in [5, 5.41) is 0. The Morgan fingerprint density at radius 2 is 0.594 bits per heavy atom. The molecule has 0 spiro atoms. The molecule has 8 aliphatic rings. The van der Waals surface area contributed by atoms with E-state index in [2.05, 4.69) is 0 Å². The average molecular weight is 907 g/mol. The molecule has 8 fully saturated rings. The van der Waals surface area contributed by atoms with Crippen LogP contribution in [0.25, 0.3) is 0 Å². The largest absolute Gasteiger partial charge is 0.463 e. The third-order valence-electron chi connectivity index (χ3n) is 13.6. The van der Waals surface area contributed by atoms with Crippen LogP contribution in [0.5, 0.6) is 0 Å². The van der Waals surface area contributed by atoms with Crippen molar-refractivity contribution in [3.63, 3.8) is 0 Å². The minimum absolute atomic E-state index is 0.0589. The number of ether oxygens (including phenoxy) is 12. The van der Waals surface area contributed by atoms with Crippen LogP contribution in [-0.2, 0) is 95.2 Å². The molecule has 354 valence electrons. The SMILES string of the molecule is O=C(COC(=O)CC(C(=O)OCC(=O)OCC1CCC2OC2C1)C(CC(=O)OCC(=O)OCC1CCC2OC2C1)C(=O)OCC(=O)OCC1CCC2OC2C1)OCC1CCC2OC2C1. The standard InChI is InChI=1S/C44H58O20/c45-37(57-19-39(47)53-15-23-1-5-29-33(9-23)61-29)13-27(43(51)59-21-41(49)55-17-25-3-7-31-35(11-25)63-31)28(44(52)60-22-42(50)56-18-26-4-8-32-36(12-26)64-32)14-38(46)58-20-40(48)54-16-24-2-6-30-34(10-24)62-30/h23-36H,1-22H2. The Balaban J connectivity index is 0.875. The van der Waals surface area contributed by atoms with Crippen molar-refractivity contribution in [3.05, 3.63) is 0 Å². The van der Waals surface area contributed by atoms with Gasteiger partial charge in [-0.05, 0) is 101 Å². The van der Waals surface area contributed by atoms with Gasteiger partial charge in [0.05, 0.1) is 99.9 Å². The van der Waals surface area contributed by atoms with Crippen molar-refractivity contribution in [3.8, 4) is 0 Å². The zero-order valence-corrected chi connectivity index (χ0v) is 35.8. The van der Waals surface area contributed by atoms with Gasteiger partial charge in [-0.1, -0.05) is 0 Å². The minimum atomic E-state index is -1.89. The third-order valence-corrected chi connectivity index (χ3v) is 13.6. The van der Waals surface area contributed by atoms with Gasteiger partial charge in [0.1, 0.15) is 0 Å². The lowest BCUT2D eigenvalue weighted by Crippen LogP contribution is -2.38. The highest BCUT2D eigenvalue weighted by Crippen LogP contribution is 2.42. The summed E-state index contributed by atoms with van der Waals surface area (Å²) in [5.74, 6) is -11.9. The number of carbonyl (C=O) groups is 8. The number of hydrogen-bond donors (Lipinski definition) is 0. The molecule has 0 aromatic carbocycles. The predicted octanol–water partition coefficient (Wildman–Crippen LogP) is 1.61. The molecule has 0 amide bonds. The van der Waals surface area contributed by atoms with E-state index in [-0.39, 0.29) is 98.9 Å². The highest BCUT2D eigenvalue weighted by Gasteiger charge is 2.47. The van der Waals surface area contributed by atoms with Crippen molar-refractivity contribution in [2.24, 2.45) is 35.5 Å². The van der Waals surface area contributed by atoms with Gasteiger partial charge in [0.2, 0.25) is 0 Å². The number of epoxide rings is 4. The molecule has 4 saturated carbocycles. The molecule has 20 nitrogen and oxygen atoms in total. The van der Waals surface area contributed by atoms with E-state index < -0.39 is 98.9 Å². The highest BCUT2D eigenvalue weighted by atomic mass is 16.6. The molecule has 0 N–H and O–H groups in total. The fraction of sp³-hybridized carbons (Fsp3) is 0.818. The van der Waals surface area contributed by atoms with Crippen molar-refractivity contribution >= 4 is 47.8 Å². The summed E-state index contributed by atoms with van der Waals surface area (Å²) < 4.78 is 64.1. The fourth-order valence-corrected chi connectivity index (χ4v) is 9.57. The monoisotopic (exact) mass is 906 g/mol. The van der Waals surface area contributed by atoms with Gasteiger partial charge in [0.15, 0.2) is 26.4 Å². The van der Waals surface area contributed by atoms with Crippen LogP contribution in [0.15, 0.2) is 0 Å². The van der Waals surface area contributed by atoms with Crippen LogP contribution in [0.3, 0.4) is 0 Å². The Morgan fingerprint density at radius 3 is 0.859 bits per heavy atom. The molecule has 0 radical (unpaired) electrons. The molecule has 0 aromatic heterocycles. The van der Waals surface area contributed by atoms with E-state index in [0.29, 0.717) is 0 Å². The van der Waals surface area contributed by atoms with Crippen molar-refractivity contribution < 1.29 is 95.2 Å². The lowest BCUT2D eigenvalue weighted by Gasteiger charge is -2.24. The normalized spacial score (nSPS) is 33.3. The zero-order chi connectivity index (χ0) is 44.7. The van der Waals surface area contributed by atoms with Gasteiger partial charge in [-0.15, -0.1) is 0 Å². The van der Waals surface area contributed by atoms with Gasteiger partial charge < -0.3 is 56.8 Å². The maximum atomic E-state index is 13.8. The Morgan fingerprint density at radius 1 is 0.328 bits per heavy atom. The first kappa shape index (κ1) is 46.1. The lowest BCUT2D eigenvalue weighted by atomic mass is 9.86. The molecule has 4 saturated heterocycles. The van der Waals surface area contributed by atoms with Crippen molar-refractivity contribution in [2.45, 2.75) is 139 Å². The maximum absolute atomic E-state index is 13.8. The van der Waals surface area contributed by atoms with Gasteiger partial charge >= 0.3 is 47.8 Å². The summed E-state index contributed by atoms with van der Waals surface area (Å²) in [6.07, 6.45) is 9.32. The summed E-state index contributed by atoms with van der Waals surface area (Å²) in [4.78, 5) is 105. The summed E-state index contributed by atoms with van der Waals surface area (Å²) in [5.41, 5.74) is 0. The topological polar surface area (TPSA) is 261 Å². The van der Waals surface area contributed by atoms with Gasteiger partial charge in [-0.25, -0.2) is 19.2 Å². The van der Waals surface area contributed by atoms with Crippen LogP contribution >= 0.6 is 0 Å². The molecule has 64 heavy (non-hydrogen) atoms. The number of hydrogen-bond acceptors (Lipinski definition) is 20. The molecule has 4 aliphatic heterocycles. The smallest absolute Gasteiger partial charge is 0.344 e. The minimum Gasteiger partial charge on any atom is -0.463 e. The maximum Gasteiger partial charge on any atom is 0.344 e. The molecule has 0 bridgehead atoms. The van der Waals surface area contributed by atoms with Crippen LogP contribution in [0.1, 0.15) is 89.9 Å². The molecule has 8 rings (SSSR count). The quantitative estimate of drug-likeness (QED) is 0.0801. The Labute approximate surface area is 369 Å². The summed E-state index contributed by atoms with van der Waals surface area (Å²) >= 11 is 0. The summed E-state index contributed by atoms with van der Waals surface area (Å²) in [7, 11) is 0. The first-order valence-electron chi connectivity index (χ1n) is 22.8. The second kappa shape index (κ2) is 21.3. The van der Waals surface area contributed by atoms with E-state index in [0.717, 1.165) is 77.0 Å². The average Bonchev–Trinajstić information content (AvgIpc) is 4.09. The van der Waals surface area contributed by atoms with Crippen molar-refractivity contribution in [1.29, 1.82) is 0 Å². The lowest BCUT2D eigenvalue weighted by molar-refractivity contribution is -0.174. The van der Waals surface area contributed by atoms with E-state index in [1.807, 2.05) is 0 Å². The zero-order valence-electron chi connectivity index (χ0n) is 35.8. The molecule has 4 heterocycles. The molecule has 0 aromatic rings. The Hall–Kier alpha value is -4.40. The molecular formula is C44H58O20. The van der Waals surface area contributed by atoms with Crippen LogP contribution in [0, 0.1) is 35.5 Å². The highest BCUT2D eigenvalue weighted by molar-refractivity contribution is 5.90. The van der Waals surface area contributed by atoms with Gasteiger partial charge in [0, 0.05) is 0 Å². The van der Waals surface area contributed by atoms with Crippen LogP contribution in [0.2, 0.25) is 0 Å². The van der Waals surface area contributed by atoms with Gasteiger partial charge in [-0.2, -0.15) is 0 Å². The molecule has 4 aliphatic carbocycles. The number of rotatable bonds is 23. The molecule has 20 heteroatoms. The van der Waals surface area contributed by atoms with Gasteiger partial charge in [-0.3, -0.25) is 19.2 Å². The number of esters is 8. The van der Waals surface area contributed by atoms with Crippen LogP contribution in [-0.4, -0.2) is 149 Å². The summed E-state index contributed by atoms with van der Waals surface area (Å²) in [6.45, 7) is -3.15. The van der Waals surface area contributed by atoms with Crippen LogP contribution < -0.4 is 0 Å². The van der Waals surface area contributed by atoms with E-state index in [1.54, 1.807) is 0 Å². The first-order chi connectivity index (χ1) is 30.9.